The van der Waals surface area contributed by atoms with E-state index in [0.29, 0.717) is 0 Å². The first kappa shape index (κ1) is 17.4. The summed E-state index contributed by atoms with van der Waals surface area (Å²) in [6, 6.07) is 0. The zero-order chi connectivity index (χ0) is 15.2. The standard InChI is InChI=1S/C16H31N3S/c1-7-10-13-14(12-17-16(4,5)6)20-15(18-13)19(9-3)11-8-2/h17H,7-12H2,1-6H3. The van der Waals surface area contributed by atoms with Crippen LogP contribution in [-0.4, -0.2) is 23.6 Å². The Morgan fingerprint density at radius 2 is 1.85 bits per heavy atom. The van der Waals surface area contributed by atoms with Gasteiger partial charge in [0.15, 0.2) is 5.13 Å². The average molecular weight is 298 g/mol. The smallest absolute Gasteiger partial charge is 0.185 e. The molecule has 0 fully saturated rings. The van der Waals surface area contributed by atoms with Crippen LogP contribution in [0.3, 0.4) is 0 Å². The molecule has 0 aliphatic carbocycles. The van der Waals surface area contributed by atoms with Crippen molar-refractivity contribution in [3.05, 3.63) is 10.6 Å². The number of hydrogen-bond donors (Lipinski definition) is 1. The Morgan fingerprint density at radius 1 is 1.15 bits per heavy atom. The van der Waals surface area contributed by atoms with Crippen LogP contribution in [0.1, 0.15) is 65.0 Å². The van der Waals surface area contributed by atoms with E-state index in [-0.39, 0.29) is 5.54 Å². The molecule has 20 heavy (non-hydrogen) atoms. The second kappa shape index (κ2) is 7.99. The molecule has 0 atom stereocenters. The summed E-state index contributed by atoms with van der Waals surface area (Å²) in [5.41, 5.74) is 1.44. The molecule has 0 bridgehead atoms. The van der Waals surface area contributed by atoms with Crippen molar-refractivity contribution in [2.24, 2.45) is 0 Å². The molecule has 1 heterocycles. The maximum atomic E-state index is 4.89. The summed E-state index contributed by atoms with van der Waals surface area (Å²) in [6.07, 6.45) is 3.42. The maximum Gasteiger partial charge on any atom is 0.185 e. The molecule has 0 amide bonds. The van der Waals surface area contributed by atoms with Crippen LogP contribution in [0.4, 0.5) is 5.13 Å². The average Bonchev–Trinajstić information content (AvgIpc) is 2.76. The molecule has 0 aliphatic rings. The summed E-state index contributed by atoms with van der Waals surface area (Å²) in [6.45, 7) is 16.4. The number of anilines is 1. The van der Waals surface area contributed by atoms with Crippen molar-refractivity contribution in [1.82, 2.24) is 10.3 Å². The molecule has 116 valence electrons. The van der Waals surface area contributed by atoms with Gasteiger partial charge in [0.05, 0.1) is 5.69 Å². The van der Waals surface area contributed by atoms with Crippen molar-refractivity contribution < 1.29 is 0 Å². The first-order chi connectivity index (χ1) is 9.41. The van der Waals surface area contributed by atoms with Gasteiger partial charge in [-0.05, 0) is 40.5 Å². The fourth-order valence-corrected chi connectivity index (χ4v) is 3.22. The Kier molecular flexibility index (Phi) is 6.96. The van der Waals surface area contributed by atoms with Crippen LogP contribution in [0, 0.1) is 0 Å². The lowest BCUT2D eigenvalue weighted by Crippen LogP contribution is -2.35. The molecular formula is C16H31N3S. The predicted octanol–water partition coefficient (Wildman–Crippen LogP) is 4.22. The zero-order valence-electron chi connectivity index (χ0n) is 14.0. The fraction of sp³-hybridized carbons (Fsp3) is 0.812. The molecule has 0 aliphatic heterocycles. The Balaban J connectivity index is 2.88. The van der Waals surface area contributed by atoms with E-state index in [4.69, 9.17) is 4.98 Å². The first-order valence-electron chi connectivity index (χ1n) is 7.89. The molecule has 0 unspecified atom stereocenters. The molecule has 1 rings (SSSR count). The summed E-state index contributed by atoms with van der Waals surface area (Å²) < 4.78 is 0. The summed E-state index contributed by atoms with van der Waals surface area (Å²) in [5.74, 6) is 0. The van der Waals surface area contributed by atoms with Crippen molar-refractivity contribution in [3.8, 4) is 0 Å². The van der Waals surface area contributed by atoms with Crippen LogP contribution in [0.2, 0.25) is 0 Å². The van der Waals surface area contributed by atoms with Crippen molar-refractivity contribution in [2.75, 3.05) is 18.0 Å². The Morgan fingerprint density at radius 3 is 2.35 bits per heavy atom. The second-order valence-electron chi connectivity index (χ2n) is 6.30. The van der Waals surface area contributed by atoms with E-state index in [9.17, 15) is 0 Å². The van der Waals surface area contributed by atoms with Crippen LogP contribution in [-0.2, 0) is 13.0 Å². The van der Waals surface area contributed by atoms with Gasteiger partial charge in [-0.3, -0.25) is 0 Å². The molecule has 1 aromatic rings. The third-order valence-corrected chi connectivity index (χ3v) is 4.34. The third-order valence-electron chi connectivity index (χ3n) is 3.18. The van der Waals surface area contributed by atoms with Crippen molar-refractivity contribution in [1.29, 1.82) is 0 Å². The summed E-state index contributed by atoms with van der Waals surface area (Å²) in [7, 11) is 0. The molecule has 0 radical (unpaired) electrons. The lowest BCUT2D eigenvalue weighted by molar-refractivity contribution is 0.425. The molecule has 0 saturated heterocycles. The van der Waals surface area contributed by atoms with Crippen molar-refractivity contribution in [2.45, 2.75) is 72.9 Å². The topological polar surface area (TPSA) is 28.2 Å². The van der Waals surface area contributed by atoms with E-state index in [1.165, 1.54) is 22.1 Å². The minimum absolute atomic E-state index is 0.154. The van der Waals surface area contributed by atoms with Gasteiger partial charge >= 0.3 is 0 Å². The van der Waals surface area contributed by atoms with Gasteiger partial charge in [-0.1, -0.05) is 20.3 Å². The normalized spacial score (nSPS) is 11.9. The highest BCUT2D eigenvalue weighted by atomic mass is 32.1. The fourth-order valence-electron chi connectivity index (χ4n) is 2.08. The predicted molar refractivity (Wildman–Crippen MR) is 90.9 cm³/mol. The quantitative estimate of drug-likeness (QED) is 0.778. The van der Waals surface area contributed by atoms with Crippen LogP contribution in [0.25, 0.3) is 0 Å². The van der Waals surface area contributed by atoms with Crippen LogP contribution >= 0.6 is 11.3 Å². The number of nitrogens with zero attached hydrogens (tertiary/aromatic N) is 2. The molecule has 0 spiro atoms. The minimum atomic E-state index is 0.154. The SMILES string of the molecule is CCCc1nc(N(CC)CCC)sc1CNC(C)(C)C. The third kappa shape index (κ3) is 5.41. The van der Waals surface area contributed by atoms with E-state index in [1.54, 1.807) is 0 Å². The highest BCUT2D eigenvalue weighted by Gasteiger charge is 2.16. The molecule has 0 saturated carbocycles. The van der Waals surface area contributed by atoms with Crippen LogP contribution in [0.5, 0.6) is 0 Å². The summed E-state index contributed by atoms with van der Waals surface area (Å²) in [5, 5.41) is 4.79. The number of nitrogens with one attached hydrogen (secondary N) is 1. The maximum absolute atomic E-state index is 4.89. The number of aromatic nitrogens is 1. The van der Waals surface area contributed by atoms with Gasteiger partial charge < -0.3 is 10.2 Å². The van der Waals surface area contributed by atoms with Gasteiger partial charge in [-0.15, -0.1) is 11.3 Å². The molecule has 0 aromatic carbocycles. The lowest BCUT2D eigenvalue weighted by Gasteiger charge is -2.20. The molecule has 3 nitrogen and oxygen atoms in total. The van der Waals surface area contributed by atoms with E-state index >= 15 is 0 Å². The minimum Gasteiger partial charge on any atom is -0.348 e. The lowest BCUT2D eigenvalue weighted by atomic mass is 10.1. The van der Waals surface area contributed by atoms with E-state index in [0.717, 1.165) is 32.5 Å². The van der Waals surface area contributed by atoms with Gasteiger partial charge in [0.25, 0.3) is 0 Å². The Labute approximate surface area is 128 Å². The van der Waals surface area contributed by atoms with Gasteiger partial charge in [0, 0.05) is 30.1 Å². The molecule has 1 N–H and O–H groups in total. The monoisotopic (exact) mass is 297 g/mol. The molecule has 1 aromatic heterocycles. The van der Waals surface area contributed by atoms with E-state index in [1.807, 2.05) is 11.3 Å². The van der Waals surface area contributed by atoms with Gasteiger partial charge in [-0.2, -0.15) is 0 Å². The highest BCUT2D eigenvalue weighted by Crippen LogP contribution is 2.28. The first-order valence-corrected chi connectivity index (χ1v) is 8.71. The Hall–Kier alpha value is -0.610. The summed E-state index contributed by atoms with van der Waals surface area (Å²) in [4.78, 5) is 8.70. The molecular weight excluding hydrogens is 266 g/mol. The zero-order valence-corrected chi connectivity index (χ0v) is 14.9. The number of aryl methyl sites for hydroxylation is 1. The number of rotatable bonds is 8. The van der Waals surface area contributed by atoms with Crippen LogP contribution in [0.15, 0.2) is 0 Å². The second-order valence-corrected chi connectivity index (χ2v) is 7.36. The van der Waals surface area contributed by atoms with E-state index < -0.39 is 0 Å². The van der Waals surface area contributed by atoms with Gasteiger partial charge in [-0.25, -0.2) is 4.98 Å². The highest BCUT2D eigenvalue weighted by molar-refractivity contribution is 7.15. The van der Waals surface area contributed by atoms with Crippen LogP contribution < -0.4 is 10.2 Å². The number of hydrogen-bond acceptors (Lipinski definition) is 4. The van der Waals surface area contributed by atoms with Gasteiger partial charge in [0.2, 0.25) is 0 Å². The van der Waals surface area contributed by atoms with Crippen molar-refractivity contribution >= 4 is 16.5 Å². The van der Waals surface area contributed by atoms with Crippen molar-refractivity contribution in [3.63, 3.8) is 0 Å². The summed E-state index contributed by atoms with van der Waals surface area (Å²) >= 11 is 1.87. The number of thiazole rings is 1. The molecule has 4 heteroatoms. The van der Waals surface area contributed by atoms with E-state index in [2.05, 4.69) is 51.8 Å². The van der Waals surface area contributed by atoms with Gasteiger partial charge in [0.1, 0.15) is 0 Å². The Bertz CT molecular complexity index is 393. The largest absolute Gasteiger partial charge is 0.348 e.